The van der Waals surface area contributed by atoms with Gasteiger partial charge in [0.1, 0.15) is 0 Å². The second-order valence-corrected chi connectivity index (χ2v) is 7.45. The van der Waals surface area contributed by atoms with Gasteiger partial charge in [0.15, 0.2) is 9.84 Å². The van der Waals surface area contributed by atoms with E-state index in [1.807, 2.05) is 0 Å². The van der Waals surface area contributed by atoms with E-state index >= 15 is 0 Å². The molecule has 0 aromatic carbocycles. The van der Waals surface area contributed by atoms with Gasteiger partial charge in [0.2, 0.25) is 0 Å². The first kappa shape index (κ1) is 15.2. The Labute approximate surface area is 99.3 Å². The molecular weight excluding hydrogens is 232 g/mol. The van der Waals surface area contributed by atoms with E-state index in [1.54, 1.807) is 13.8 Å². The molecule has 0 aliphatic rings. The van der Waals surface area contributed by atoms with E-state index in [2.05, 4.69) is 13.8 Å². The summed E-state index contributed by atoms with van der Waals surface area (Å²) in [7, 11) is -2.92. The number of alkyl halides is 1. The van der Waals surface area contributed by atoms with Crippen molar-refractivity contribution in [2.75, 3.05) is 11.6 Å². The summed E-state index contributed by atoms with van der Waals surface area (Å²) < 4.78 is 23.4. The summed E-state index contributed by atoms with van der Waals surface area (Å²) in [5.41, 5.74) is 0.00349. The Hall–Kier alpha value is 0.240. The summed E-state index contributed by atoms with van der Waals surface area (Å²) in [6.45, 7) is 7.62. The van der Waals surface area contributed by atoms with Crippen molar-refractivity contribution in [2.24, 2.45) is 5.41 Å². The molecular formula is C11H23ClO2S. The monoisotopic (exact) mass is 254 g/mol. The molecule has 0 amide bonds. The van der Waals surface area contributed by atoms with Crippen LogP contribution in [0, 0.1) is 5.41 Å². The first-order valence-corrected chi connectivity index (χ1v) is 7.86. The van der Waals surface area contributed by atoms with Crippen molar-refractivity contribution in [3.05, 3.63) is 0 Å². The molecule has 0 spiro atoms. The van der Waals surface area contributed by atoms with Crippen LogP contribution in [-0.4, -0.2) is 25.3 Å². The molecule has 0 bridgehead atoms. The minimum Gasteiger partial charge on any atom is -0.229 e. The first-order valence-electron chi connectivity index (χ1n) is 5.61. The van der Waals surface area contributed by atoms with Crippen LogP contribution in [-0.2, 0) is 9.84 Å². The zero-order valence-electron chi connectivity index (χ0n) is 10.2. The van der Waals surface area contributed by atoms with Gasteiger partial charge in [-0.2, -0.15) is 0 Å². The third-order valence-electron chi connectivity index (χ3n) is 3.42. The average Bonchev–Trinajstić information content (AvgIpc) is 2.20. The van der Waals surface area contributed by atoms with Crippen molar-refractivity contribution in [1.82, 2.24) is 0 Å². The second kappa shape index (κ2) is 6.09. The Morgan fingerprint density at radius 3 is 1.93 bits per heavy atom. The largest absolute Gasteiger partial charge is 0.229 e. The molecule has 0 aromatic rings. The lowest BCUT2D eigenvalue weighted by Gasteiger charge is -2.29. The second-order valence-electron chi connectivity index (χ2n) is 4.51. The molecule has 4 heteroatoms. The van der Waals surface area contributed by atoms with Crippen molar-refractivity contribution in [1.29, 1.82) is 0 Å². The highest BCUT2D eigenvalue weighted by molar-refractivity contribution is 7.91. The minimum absolute atomic E-state index is 0.00349. The number of hydrogen-bond donors (Lipinski definition) is 0. The molecule has 0 radical (unpaired) electrons. The van der Waals surface area contributed by atoms with Gasteiger partial charge in [-0.1, -0.05) is 13.8 Å². The maximum atomic E-state index is 11.7. The fourth-order valence-corrected chi connectivity index (χ4v) is 3.15. The molecule has 0 rings (SSSR count). The van der Waals surface area contributed by atoms with Crippen molar-refractivity contribution in [3.63, 3.8) is 0 Å². The molecule has 15 heavy (non-hydrogen) atoms. The van der Waals surface area contributed by atoms with Crippen LogP contribution in [0.3, 0.4) is 0 Å². The third kappa shape index (κ3) is 4.31. The summed E-state index contributed by atoms with van der Waals surface area (Å²) in [5.74, 6) is 0.812. The van der Waals surface area contributed by atoms with Crippen molar-refractivity contribution < 1.29 is 8.42 Å². The van der Waals surface area contributed by atoms with E-state index < -0.39 is 9.84 Å². The van der Waals surface area contributed by atoms with Crippen LogP contribution in [0.25, 0.3) is 0 Å². The Morgan fingerprint density at radius 2 is 1.67 bits per heavy atom. The minimum atomic E-state index is -2.92. The van der Waals surface area contributed by atoms with Crippen molar-refractivity contribution >= 4 is 21.4 Å². The molecule has 92 valence electrons. The van der Waals surface area contributed by atoms with E-state index in [1.165, 1.54) is 0 Å². The summed E-state index contributed by atoms with van der Waals surface area (Å²) in [5, 5.41) is -0.278. The van der Waals surface area contributed by atoms with E-state index in [9.17, 15) is 8.42 Å². The number of rotatable bonds is 7. The summed E-state index contributed by atoms with van der Waals surface area (Å²) >= 11 is 5.94. The Kier molecular flexibility index (Phi) is 6.19. The van der Waals surface area contributed by atoms with Crippen LogP contribution in [0.5, 0.6) is 0 Å². The number of halogens is 1. The molecule has 0 aliphatic carbocycles. The van der Waals surface area contributed by atoms with Crippen LogP contribution < -0.4 is 0 Å². The topological polar surface area (TPSA) is 34.1 Å². The zero-order valence-corrected chi connectivity index (χ0v) is 11.8. The van der Waals surface area contributed by atoms with E-state index in [0.717, 1.165) is 12.8 Å². The molecule has 2 nitrogen and oxygen atoms in total. The lowest BCUT2D eigenvalue weighted by molar-refractivity contribution is 0.292. The van der Waals surface area contributed by atoms with E-state index in [4.69, 9.17) is 11.6 Å². The Bertz CT molecular complexity index is 258. The van der Waals surface area contributed by atoms with Gasteiger partial charge in [0, 0.05) is 5.88 Å². The number of sulfone groups is 1. The van der Waals surface area contributed by atoms with Gasteiger partial charge >= 0.3 is 0 Å². The SMILES string of the molecule is CCC(CC)(CCl)CCS(=O)(=O)C(C)C. The van der Waals surface area contributed by atoms with Gasteiger partial charge in [-0.05, 0) is 38.5 Å². The summed E-state index contributed by atoms with van der Waals surface area (Å²) in [6.07, 6.45) is 2.57. The van der Waals surface area contributed by atoms with Gasteiger partial charge in [0.05, 0.1) is 11.0 Å². The standard InChI is InChI=1S/C11H23ClO2S/c1-5-11(6-2,9-12)7-8-15(13,14)10(3)4/h10H,5-9H2,1-4H3. The maximum absolute atomic E-state index is 11.7. The summed E-state index contributed by atoms with van der Waals surface area (Å²) in [6, 6.07) is 0. The highest BCUT2D eigenvalue weighted by Crippen LogP contribution is 2.32. The van der Waals surface area contributed by atoms with E-state index in [-0.39, 0.29) is 16.4 Å². The number of hydrogen-bond acceptors (Lipinski definition) is 2. The highest BCUT2D eigenvalue weighted by atomic mass is 35.5. The van der Waals surface area contributed by atoms with Gasteiger partial charge in [-0.15, -0.1) is 11.6 Å². The molecule has 0 aliphatic heterocycles. The molecule has 0 fully saturated rings. The van der Waals surface area contributed by atoms with Crippen LogP contribution in [0.2, 0.25) is 0 Å². The molecule has 0 unspecified atom stereocenters. The van der Waals surface area contributed by atoms with Crippen molar-refractivity contribution in [3.8, 4) is 0 Å². The van der Waals surface area contributed by atoms with Gasteiger partial charge < -0.3 is 0 Å². The molecule has 0 saturated heterocycles. The highest BCUT2D eigenvalue weighted by Gasteiger charge is 2.28. The lowest BCUT2D eigenvalue weighted by atomic mass is 9.82. The van der Waals surface area contributed by atoms with E-state index in [0.29, 0.717) is 12.3 Å². The van der Waals surface area contributed by atoms with Crippen LogP contribution >= 0.6 is 11.6 Å². The lowest BCUT2D eigenvalue weighted by Crippen LogP contribution is -2.27. The molecule has 0 atom stereocenters. The molecule has 0 saturated carbocycles. The fraction of sp³-hybridized carbons (Fsp3) is 1.00. The predicted octanol–water partition coefficient (Wildman–Crippen LogP) is 3.24. The molecule has 0 N–H and O–H groups in total. The Balaban J connectivity index is 4.48. The first-order chi connectivity index (χ1) is 6.83. The van der Waals surface area contributed by atoms with Gasteiger partial charge in [-0.3, -0.25) is 0 Å². The molecule has 0 aromatic heterocycles. The Morgan fingerprint density at radius 1 is 1.20 bits per heavy atom. The predicted molar refractivity (Wildman–Crippen MR) is 67.3 cm³/mol. The normalized spacial score (nSPS) is 13.5. The third-order valence-corrected chi connectivity index (χ3v) is 6.20. The van der Waals surface area contributed by atoms with Gasteiger partial charge in [-0.25, -0.2) is 8.42 Å². The maximum Gasteiger partial charge on any atom is 0.152 e. The smallest absolute Gasteiger partial charge is 0.152 e. The molecule has 0 heterocycles. The van der Waals surface area contributed by atoms with Crippen LogP contribution in [0.15, 0.2) is 0 Å². The average molecular weight is 255 g/mol. The summed E-state index contributed by atoms with van der Waals surface area (Å²) in [4.78, 5) is 0. The quantitative estimate of drug-likeness (QED) is 0.654. The van der Waals surface area contributed by atoms with Crippen molar-refractivity contribution in [2.45, 2.75) is 52.2 Å². The zero-order chi connectivity index (χ0) is 12.1. The van der Waals surface area contributed by atoms with Gasteiger partial charge in [0.25, 0.3) is 0 Å². The fourth-order valence-electron chi connectivity index (χ4n) is 1.45. The van der Waals surface area contributed by atoms with Crippen LogP contribution in [0.4, 0.5) is 0 Å². The van der Waals surface area contributed by atoms with Crippen LogP contribution in [0.1, 0.15) is 47.0 Å².